The van der Waals surface area contributed by atoms with Crippen LogP contribution in [0.3, 0.4) is 0 Å². The van der Waals surface area contributed by atoms with Crippen LogP contribution in [0.4, 0.5) is 20.2 Å². The third-order valence-corrected chi connectivity index (χ3v) is 4.84. The highest BCUT2D eigenvalue weighted by atomic mass is 127. The molecule has 2 rings (SSSR count). The summed E-state index contributed by atoms with van der Waals surface area (Å²) >= 11 is 13.9. The minimum atomic E-state index is -1.33. The molecule has 0 aliphatic carbocycles. The van der Waals surface area contributed by atoms with E-state index in [0.29, 0.717) is 0 Å². The van der Waals surface area contributed by atoms with E-state index in [1.54, 1.807) is 32.0 Å². The van der Waals surface area contributed by atoms with Gasteiger partial charge in [0, 0.05) is 9.99 Å². The monoisotopic (exact) mass is 544 g/mol. The summed E-state index contributed by atoms with van der Waals surface area (Å²) in [5.41, 5.74) is 0.706. The molecule has 28 heavy (non-hydrogen) atoms. The van der Waals surface area contributed by atoms with Crippen LogP contribution in [0.15, 0.2) is 24.3 Å². The van der Waals surface area contributed by atoms with Gasteiger partial charge in [-0.15, -0.1) is 0 Å². The van der Waals surface area contributed by atoms with Gasteiger partial charge in [-0.05, 0) is 60.7 Å². The van der Waals surface area contributed by atoms with E-state index in [2.05, 4.69) is 10.8 Å². The summed E-state index contributed by atoms with van der Waals surface area (Å²) in [7, 11) is 0. The first kappa shape index (κ1) is 23.1. The Kier molecular flexibility index (Phi) is 7.86. The molecule has 10 heteroatoms. The van der Waals surface area contributed by atoms with Crippen molar-refractivity contribution < 1.29 is 23.5 Å². The van der Waals surface area contributed by atoms with Crippen LogP contribution >= 0.6 is 45.8 Å². The van der Waals surface area contributed by atoms with Gasteiger partial charge in [-0.2, -0.15) is 0 Å². The van der Waals surface area contributed by atoms with Crippen LogP contribution in [0.1, 0.15) is 30.6 Å². The maximum atomic E-state index is 14.5. The lowest BCUT2D eigenvalue weighted by molar-refractivity contribution is -0.00570. The lowest BCUT2D eigenvalue weighted by Gasteiger charge is -2.18. The second-order valence-corrected chi connectivity index (χ2v) is 8.56. The summed E-state index contributed by atoms with van der Waals surface area (Å²) in [6, 6.07) is 5.88. The highest BCUT2D eigenvalue weighted by Gasteiger charge is 2.23. The van der Waals surface area contributed by atoms with E-state index in [-0.39, 0.29) is 29.3 Å². The molecule has 0 bridgehead atoms. The average molecular weight is 545 g/mol. The van der Waals surface area contributed by atoms with E-state index < -0.39 is 33.9 Å². The van der Waals surface area contributed by atoms with Crippen LogP contribution in [0, 0.1) is 15.2 Å². The summed E-state index contributed by atoms with van der Waals surface area (Å²) in [5, 5.41) is 12.0. The Bertz CT molecular complexity index is 892. The summed E-state index contributed by atoms with van der Waals surface area (Å²) in [5.74, 6) is -3.48. The molecule has 152 valence electrons. The lowest BCUT2D eigenvalue weighted by Crippen LogP contribution is -2.28. The van der Waals surface area contributed by atoms with Crippen molar-refractivity contribution in [2.75, 3.05) is 11.9 Å². The van der Waals surface area contributed by atoms with Crippen molar-refractivity contribution in [3.8, 4) is 0 Å². The molecule has 0 saturated carbocycles. The molecule has 2 aromatic rings. The zero-order valence-corrected chi connectivity index (χ0v) is 18.5. The smallest absolute Gasteiger partial charge is 0.277 e. The van der Waals surface area contributed by atoms with Crippen LogP contribution in [-0.2, 0) is 4.84 Å². The molecule has 0 heterocycles. The second kappa shape index (κ2) is 9.53. The number of nitrogens with one attached hydrogen (secondary N) is 2. The maximum Gasteiger partial charge on any atom is 0.277 e. The van der Waals surface area contributed by atoms with E-state index >= 15 is 0 Å². The first-order chi connectivity index (χ1) is 13.0. The second-order valence-electron chi connectivity index (χ2n) is 6.50. The topological polar surface area (TPSA) is 70.6 Å². The Morgan fingerprint density at radius 1 is 1.21 bits per heavy atom. The summed E-state index contributed by atoms with van der Waals surface area (Å²) < 4.78 is 29.3. The number of aliphatic hydroxyl groups is 1. The largest absolute Gasteiger partial charge is 0.390 e. The van der Waals surface area contributed by atoms with E-state index in [4.69, 9.17) is 28.0 Å². The van der Waals surface area contributed by atoms with Crippen LogP contribution in [0.5, 0.6) is 0 Å². The number of amides is 1. The predicted octanol–water partition coefficient (Wildman–Crippen LogP) is 5.44. The number of benzene rings is 2. The molecular formula is C18H17Cl2F2IN2O3. The van der Waals surface area contributed by atoms with Crippen LogP contribution in [-0.4, -0.2) is 23.2 Å². The number of anilines is 2. The molecule has 5 nitrogen and oxygen atoms in total. The Hall–Kier alpha value is -1.20. The number of hydrogen-bond acceptors (Lipinski definition) is 4. The zero-order chi connectivity index (χ0) is 21.1. The van der Waals surface area contributed by atoms with Gasteiger partial charge in [0.15, 0.2) is 11.6 Å². The Morgan fingerprint density at radius 2 is 1.89 bits per heavy atom. The molecule has 0 aromatic heterocycles. The van der Waals surface area contributed by atoms with Gasteiger partial charge < -0.3 is 10.4 Å². The first-order valence-electron chi connectivity index (χ1n) is 8.03. The van der Waals surface area contributed by atoms with Crippen LogP contribution < -0.4 is 10.8 Å². The van der Waals surface area contributed by atoms with Crippen molar-refractivity contribution in [1.29, 1.82) is 0 Å². The van der Waals surface area contributed by atoms with E-state index in [0.717, 1.165) is 9.64 Å². The Morgan fingerprint density at radius 3 is 2.50 bits per heavy atom. The van der Waals surface area contributed by atoms with E-state index in [1.165, 1.54) is 0 Å². The highest BCUT2D eigenvalue weighted by molar-refractivity contribution is 14.1. The highest BCUT2D eigenvalue weighted by Crippen LogP contribution is 2.34. The molecule has 0 atom stereocenters. The fraction of sp³-hybridized carbons (Fsp3) is 0.278. The van der Waals surface area contributed by atoms with Gasteiger partial charge in [-0.25, -0.2) is 14.3 Å². The zero-order valence-electron chi connectivity index (χ0n) is 14.9. The quantitative estimate of drug-likeness (QED) is 0.188. The van der Waals surface area contributed by atoms with E-state index in [1.807, 2.05) is 22.6 Å². The number of hydrogen-bond donors (Lipinski definition) is 3. The summed E-state index contributed by atoms with van der Waals surface area (Å²) in [6.45, 7) is 3.18. The van der Waals surface area contributed by atoms with E-state index in [9.17, 15) is 18.7 Å². The number of carbonyl (C=O) groups excluding carboxylic acids is 1. The third kappa shape index (κ3) is 6.15. The van der Waals surface area contributed by atoms with Gasteiger partial charge in [0.05, 0.1) is 39.2 Å². The lowest BCUT2D eigenvalue weighted by atomic mass is 10.1. The van der Waals surface area contributed by atoms with Crippen molar-refractivity contribution in [2.45, 2.75) is 25.9 Å². The number of halogens is 5. The fourth-order valence-electron chi connectivity index (χ4n) is 2.09. The number of hydroxylamine groups is 1. The molecule has 0 unspecified atom stereocenters. The molecule has 3 N–H and O–H groups in total. The number of rotatable bonds is 7. The Balaban J connectivity index is 2.29. The molecule has 0 fully saturated rings. The summed E-state index contributed by atoms with van der Waals surface area (Å²) in [4.78, 5) is 17.4. The first-order valence-corrected chi connectivity index (χ1v) is 9.87. The van der Waals surface area contributed by atoms with Gasteiger partial charge in [0.2, 0.25) is 0 Å². The normalized spacial score (nSPS) is 11.4. The standard InChI is InChI=1S/C18H17Cl2F2IN2O3/c1-18(2,27)5-6-28-25-17(26)10-8-12(20)14(21)15(22)16(10)24-13-4-3-9(23)7-11(13)19/h3-4,7-8,24,27H,5-6H2,1-2H3,(H,25,26). The molecular weight excluding hydrogens is 528 g/mol. The SMILES string of the molecule is CC(C)(O)CCONC(=O)c1cc(Cl)c(F)c(F)c1Nc1ccc(I)cc1Cl. The van der Waals surface area contributed by atoms with Crippen molar-refractivity contribution in [3.05, 3.63) is 55.1 Å². The van der Waals surface area contributed by atoms with Gasteiger partial charge in [-0.3, -0.25) is 9.63 Å². The molecule has 1 amide bonds. The molecule has 2 aromatic carbocycles. The molecule has 0 spiro atoms. The molecule has 0 radical (unpaired) electrons. The maximum absolute atomic E-state index is 14.5. The van der Waals surface area contributed by atoms with Crippen LogP contribution in [0.25, 0.3) is 0 Å². The van der Waals surface area contributed by atoms with Gasteiger partial charge >= 0.3 is 0 Å². The van der Waals surface area contributed by atoms with Crippen LogP contribution in [0.2, 0.25) is 10.0 Å². The van der Waals surface area contributed by atoms with Crippen molar-refractivity contribution in [3.63, 3.8) is 0 Å². The Labute approximate surface area is 184 Å². The predicted molar refractivity (Wildman–Crippen MR) is 113 cm³/mol. The van der Waals surface area contributed by atoms with Crippen molar-refractivity contribution in [1.82, 2.24) is 5.48 Å². The molecule has 0 aliphatic heterocycles. The summed E-state index contributed by atoms with van der Waals surface area (Å²) in [6.07, 6.45) is 0.245. The minimum Gasteiger partial charge on any atom is -0.390 e. The fourth-order valence-corrected chi connectivity index (χ4v) is 3.19. The van der Waals surface area contributed by atoms with Gasteiger partial charge in [-0.1, -0.05) is 23.2 Å². The number of carbonyl (C=O) groups is 1. The van der Waals surface area contributed by atoms with Gasteiger partial charge in [0.25, 0.3) is 5.91 Å². The third-order valence-electron chi connectivity index (χ3n) is 3.58. The van der Waals surface area contributed by atoms with Gasteiger partial charge in [0.1, 0.15) is 0 Å². The average Bonchev–Trinajstić information content (AvgIpc) is 2.59. The van der Waals surface area contributed by atoms with Crippen molar-refractivity contribution in [2.24, 2.45) is 0 Å². The molecule has 0 aliphatic rings. The molecule has 0 saturated heterocycles. The minimum absolute atomic E-state index is 0.0123. The van der Waals surface area contributed by atoms with Crippen molar-refractivity contribution >= 4 is 63.1 Å².